The van der Waals surface area contributed by atoms with Crippen molar-refractivity contribution in [2.24, 2.45) is 0 Å². The highest BCUT2D eigenvalue weighted by atomic mass is 79.9. The van der Waals surface area contributed by atoms with Crippen LogP contribution in [0.3, 0.4) is 0 Å². The van der Waals surface area contributed by atoms with Crippen LogP contribution in [0.25, 0.3) is 17.0 Å². The minimum absolute atomic E-state index is 0.274. The van der Waals surface area contributed by atoms with Crippen LogP contribution in [0.4, 0.5) is 10.5 Å². The molecule has 0 aliphatic carbocycles. The molecule has 32 heavy (non-hydrogen) atoms. The number of anilines is 1. The molecular weight excluding hydrogens is 484 g/mol. The van der Waals surface area contributed by atoms with Crippen LogP contribution in [-0.2, 0) is 11.3 Å². The molecule has 0 bridgehead atoms. The molecule has 1 aliphatic heterocycles. The topological polar surface area (TPSA) is 42.3 Å². The van der Waals surface area contributed by atoms with Gasteiger partial charge in [0, 0.05) is 33.2 Å². The highest BCUT2D eigenvalue weighted by Gasteiger charge is 2.36. The molecule has 1 aromatic heterocycles. The molecule has 0 spiro atoms. The van der Waals surface area contributed by atoms with E-state index in [-0.39, 0.29) is 11.1 Å². The first-order chi connectivity index (χ1) is 15.5. The summed E-state index contributed by atoms with van der Waals surface area (Å²) in [6.07, 6.45) is 1.86. The zero-order valence-corrected chi connectivity index (χ0v) is 19.7. The van der Waals surface area contributed by atoms with E-state index in [4.69, 9.17) is 0 Å². The second kappa shape index (κ2) is 8.45. The zero-order chi connectivity index (χ0) is 22.2. The molecule has 0 N–H and O–H groups in total. The van der Waals surface area contributed by atoms with Crippen molar-refractivity contribution in [2.75, 3.05) is 4.90 Å². The van der Waals surface area contributed by atoms with E-state index in [0.717, 1.165) is 44.9 Å². The standard InChI is InChI=1S/C26H19BrN2O2S/c1-17-22(15-24-25(30)29(26(31)32-24)20-7-3-2-4-8-20)21-9-5-6-10-23(21)28(17)16-18-11-13-19(27)14-12-18/h2-15H,16H2,1H3/b24-15-. The Kier molecular flexibility index (Phi) is 5.49. The van der Waals surface area contributed by atoms with Crippen molar-refractivity contribution >= 4 is 61.5 Å². The quantitative estimate of drug-likeness (QED) is 0.282. The van der Waals surface area contributed by atoms with E-state index >= 15 is 0 Å². The van der Waals surface area contributed by atoms with Crippen molar-refractivity contribution in [1.82, 2.24) is 4.57 Å². The molecule has 2 amide bonds. The van der Waals surface area contributed by atoms with Crippen LogP contribution >= 0.6 is 27.7 Å². The molecule has 5 rings (SSSR count). The molecule has 1 saturated heterocycles. The molecule has 6 heteroatoms. The van der Waals surface area contributed by atoms with E-state index in [1.165, 1.54) is 10.5 Å². The number of thioether (sulfide) groups is 1. The summed E-state index contributed by atoms with van der Waals surface area (Å²) in [5.41, 5.74) is 4.90. The largest absolute Gasteiger partial charge is 0.340 e. The number of amides is 2. The number of benzene rings is 3. The Hall–Kier alpha value is -3.09. The lowest BCUT2D eigenvalue weighted by Gasteiger charge is -2.11. The Morgan fingerprint density at radius 2 is 1.59 bits per heavy atom. The maximum atomic E-state index is 13.1. The lowest BCUT2D eigenvalue weighted by molar-refractivity contribution is -0.113. The summed E-state index contributed by atoms with van der Waals surface area (Å²) in [5.74, 6) is -0.282. The number of hydrogen-bond donors (Lipinski definition) is 0. The summed E-state index contributed by atoms with van der Waals surface area (Å²) < 4.78 is 3.30. The van der Waals surface area contributed by atoms with Crippen LogP contribution in [0.5, 0.6) is 0 Å². The molecule has 4 nitrogen and oxygen atoms in total. The monoisotopic (exact) mass is 502 g/mol. The maximum absolute atomic E-state index is 13.1. The number of para-hydroxylation sites is 2. The smallest absolute Gasteiger partial charge is 0.298 e. The Balaban J connectivity index is 1.57. The first-order valence-corrected chi connectivity index (χ1v) is 11.8. The number of aromatic nitrogens is 1. The van der Waals surface area contributed by atoms with E-state index in [0.29, 0.717) is 10.6 Å². The third-order valence-electron chi connectivity index (χ3n) is 5.62. The van der Waals surface area contributed by atoms with Gasteiger partial charge in [0.25, 0.3) is 11.1 Å². The van der Waals surface area contributed by atoms with E-state index in [1.807, 2.05) is 48.5 Å². The Morgan fingerprint density at radius 3 is 2.34 bits per heavy atom. The van der Waals surface area contributed by atoms with E-state index in [9.17, 15) is 9.59 Å². The predicted molar refractivity (Wildman–Crippen MR) is 135 cm³/mol. The van der Waals surface area contributed by atoms with Crippen LogP contribution in [0.1, 0.15) is 16.8 Å². The summed E-state index contributed by atoms with van der Waals surface area (Å²) in [5, 5.41) is 0.789. The molecule has 2 heterocycles. The summed E-state index contributed by atoms with van der Waals surface area (Å²) in [4.78, 5) is 27.4. The third kappa shape index (κ3) is 3.70. The molecule has 0 atom stereocenters. The molecule has 0 unspecified atom stereocenters. The molecular formula is C26H19BrN2O2S. The van der Waals surface area contributed by atoms with Crippen LogP contribution in [0.2, 0.25) is 0 Å². The number of nitrogens with zero attached hydrogens (tertiary/aromatic N) is 2. The van der Waals surface area contributed by atoms with Gasteiger partial charge in [-0.1, -0.05) is 64.5 Å². The van der Waals surface area contributed by atoms with Crippen molar-refractivity contribution in [3.63, 3.8) is 0 Å². The van der Waals surface area contributed by atoms with Gasteiger partial charge in [-0.25, -0.2) is 4.90 Å². The fraction of sp³-hybridized carbons (Fsp3) is 0.0769. The normalized spacial score (nSPS) is 15.3. The van der Waals surface area contributed by atoms with Crippen molar-refractivity contribution in [1.29, 1.82) is 0 Å². The van der Waals surface area contributed by atoms with Gasteiger partial charge in [0.15, 0.2) is 0 Å². The molecule has 1 fully saturated rings. The fourth-order valence-corrected chi connectivity index (χ4v) is 5.10. The minimum Gasteiger partial charge on any atom is -0.340 e. The number of imide groups is 1. The van der Waals surface area contributed by atoms with E-state index in [2.05, 4.69) is 51.7 Å². The van der Waals surface area contributed by atoms with Crippen LogP contribution in [-0.4, -0.2) is 15.7 Å². The first-order valence-electron chi connectivity index (χ1n) is 10.2. The number of fused-ring (bicyclic) bond motifs is 1. The Labute approximate surface area is 198 Å². The van der Waals surface area contributed by atoms with Gasteiger partial charge in [-0.05, 0) is 60.7 Å². The molecule has 4 aromatic rings. The number of carbonyl (C=O) groups is 2. The van der Waals surface area contributed by atoms with Crippen LogP contribution in [0.15, 0.2) is 88.2 Å². The number of hydrogen-bond acceptors (Lipinski definition) is 3. The van der Waals surface area contributed by atoms with Crippen molar-refractivity contribution in [3.8, 4) is 0 Å². The number of rotatable bonds is 4. The van der Waals surface area contributed by atoms with Gasteiger partial charge in [-0.15, -0.1) is 0 Å². The fourth-order valence-electron chi connectivity index (χ4n) is 4.01. The lowest BCUT2D eigenvalue weighted by Crippen LogP contribution is -2.27. The summed E-state index contributed by atoms with van der Waals surface area (Å²) in [6, 6.07) is 25.5. The number of halogens is 1. The van der Waals surface area contributed by atoms with Gasteiger partial charge in [-0.3, -0.25) is 9.59 Å². The average Bonchev–Trinajstić information content (AvgIpc) is 3.23. The maximum Gasteiger partial charge on any atom is 0.298 e. The predicted octanol–water partition coefficient (Wildman–Crippen LogP) is 7.00. The molecule has 158 valence electrons. The van der Waals surface area contributed by atoms with Gasteiger partial charge in [0.1, 0.15) is 0 Å². The molecule has 0 radical (unpaired) electrons. The van der Waals surface area contributed by atoms with Gasteiger partial charge < -0.3 is 4.57 Å². The van der Waals surface area contributed by atoms with Gasteiger partial charge in [0.05, 0.1) is 10.6 Å². The van der Waals surface area contributed by atoms with Gasteiger partial charge >= 0.3 is 0 Å². The third-order valence-corrected chi connectivity index (χ3v) is 7.02. The SMILES string of the molecule is Cc1c(/C=C2\SC(=O)N(c3ccccc3)C2=O)c2ccccc2n1Cc1ccc(Br)cc1. The van der Waals surface area contributed by atoms with Crippen LogP contribution in [0, 0.1) is 6.92 Å². The second-order valence-electron chi connectivity index (χ2n) is 7.58. The highest BCUT2D eigenvalue weighted by Crippen LogP contribution is 2.38. The van der Waals surface area contributed by atoms with Gasteiger partial charge in [0.2, 0.25) is 0 Å². The minimum atomic E-state index is -0.282. The number of carbonyl (C=O) groups excluding carboxylic acids is 2. The highest BCUT2D eigenvalue weighted by molar-refractivity contribution is 9.10. The Morgan fingerprint density at radius 1 is 0.906 bits per heavy atom. The van der Waals surface area contributed by atoms with Crippen molar-refractivity contribution in [3.05, 3.63) is 105 Å². The first kappa shape index (κ1) is 20.8. The second-order valence-corrected chi connectivity index (χ2v) is 9.49. The van der Waals surface area contributed by atoms with E-state index < -0.39 is 0 Å². The molecule has 3 aromatic carbocycles. The van der Waals surface area contributed by atoms with Crippen molar-refractivity contribution < 1.29 is 9.59 Å². The summed E-state index contributed by atoms with van der Waals surface area (Å²) in [7, 11) is 0. The zero-order valence-electron chi connectivity index (χ0n) is 17.3. The van der Waals surface area contributed by atoms with Gasteiger partial charge in [-0.2, -0.15) is 0 Å². The van der Waals surface area contributed by atoms with Crippen molar-refractivity contribution in [2.45, 2.75) is 13.5 Å². The average molecular weight is 503 g/mol. The summed E-state index contributed by atoms with van der Waals surface area (Å²) >= 11 is 4.48. The van der Waals surface area contributed by atoms with E-state index in [1.54, 1.807) is 12.1 Å². The molecule has 1 aliphatic rings. The summed E-state index contributed by atoms with van der Waals surface area (Å²) in [6.45, 7) is 2.78. The van der Waals surface area contributed by atoms with Crippen LogP contribution < -0.4 is 4.90 Å². The Bertz CT molecular complexity index is 1370. The lowest BCUT2D eigenvalue weighted by atomic mass is 10.1. The molecule has 0 saturated carbocycles.